The van der Waals surface area contributed by atoms with Gasteiger partial charge in [0.1, 0.15) is 24.0 Å². The number of anilines is 2. The minimum absolute atomic E-state index is 0.0710. The smallest absolute Gasteiger partial charge is 0.395 e. The lowest BCUT2D eigenvalue weighted by Gasteiger charge is -2.27. The predicted molar refractivity (Wildman–Crippen MR) is 74.0 cm³/mol. The summed E-state index contributed by atoms with van der Waals surface area (Å²) >= 11 is 0. The van der Waals surface area contributed by atoms with Crippen molar-refractivity contribution in [3.63, 3.8) is 0 Å². The minimum atomic E-state index is -4.40. The summed E-state index contributed by atoms with van der Waals surface area (Å²) in [7, 11) is 0. The van der Waals surface area contributed by atoms with Gasteiger partial charge >= 0.3 is 6.18 Å². The second-order valence-electron chi connectivity index (χ2n) is 4.94. The number of hydrogen-bond acceptors (Lipinski definition) is 6. The van der Waals surface area contributed by atoms with Gasteiger partial charge in [-0.05, 0) is 6.92 Å². The van der Waals surface area contributed by atoms with E-state index in [0.717, 1.165) is 4.90 Å². The van der Waals surface area contributed by atoms with Gasteiger partial charge in [0.15, 0.2) is 0 Å². The molecular formula is C12H20F3N5O. The van der Waals surface area contributed by atoms with Crippen molar-refractivity contribution in [1.29, 1.82) is 0 Å². The van der Waals surface area contributed by atoms with Crippen LogP contribution in [0.2, 0.25) is 0 Å². The standard InChI is InChI=1S/C12H20F3N5O/c1-7(2)9-17-10(19-16)8(3)11(18-9)20(4-5-21)6-12(13,14)15/h7,21H,4-6,16H2,1-3H3,(H,17,18,19). The summed E-state index contributed by atoms with van der Waals surface area (Å²) in [5.74, 6) is 6.06. The molecule has 1 heterocycles. The molecule has 4 N–H and O–H groups in total. The Morgan fingerprint density at radius 1 is 1.33 bits per heavy atom. The third-order valence-corrected chi connectivity index (χ3v) is 2.83. The molecule has 0 aliphatic heterocycles. The van der Waals surface area contributed by atoms with Gasteiger partial charge in [-0.25, -0.2) is 15.8 Å². The highest BCUT2D eigenvalue weighted by Gasteiger charge is 2.32. The predicted octanol–water partition coefficient (Wildman–Crippen LogP) is 1.56. The van der Waals surface area contributed by atoms with Crippen LogP contribution >= 0.6 is 0 Å². The molecule has 0 bridgehead atoms. The molecule has 0 amide bonds. The van der Waals surface area contributed by atoms with E-state index >= 15 is 0 Å². The maximum atomic E-state index is 12.7. The number of nitrogens with two attached hydrogens (primary N) is 1. The highest BCUT2D eigenvalue weighted by molar-refractivity contribution is 5.58. The Kier molecular flexibility index (Phi) is 5.73. The maximum Gasteiger partial charge on any atom is 0.405 e. The number of aromatic nitrogens is 2. The van der Waals surface area contributed by atoms with E-state index in [1.165, 1.54) is 0 Å². The Labute approximate surface area is 121 Å². The summed E-state index contributed by atoms with van der Waals surface area (Å²) in [6.45, 7) is 3.44. The summed E-state index contributed by atoms with van der Waals surface area (Å²) in [5, 5.41) is 9.00. The number of alkyl halides is 3. The van der Waals surface area contributed by atoms with E-state index in [0.29, 0.717) is 11.4 Å². The zero-order valence-corrected chi connectivity index (χ0v) is 12.2. The number of aliphatic hydroxyl groups is 1. The van der Waals surface area contributed by atoms with E-state index in [2.05, 4.69) is 15.4 Å². The molecule has 1 rings (SSSR count). The Balaban J connectivity index is 3.31. The monoisotopic (exact) mass is 307 g/mol. The highest BCUT2D eigenvalue weighted by Crippen LogP contribution is 2.28. The molecule has 0 fully saturated rings. The minimum Gasteiger partial charge on any atom is -0.395 e. The van der Waals surface area contributed by atoms with Crippen LogP contribution < -0.4 is 16.2 Å². The van der Waals surface area contributed by atoms with Crippen LogP contribution in [0.25, 0.3) is 0 Å². The largest absolute Gasteiger partial charge is 0.405 e. The van der Waals surface area contributed by atoms with Gasteiger partial charge in [-0.15, -0.1) is 0 Å². The van der Waals surface area contributed by atoms with Crippen molar-refractivity contribution in [3.05, 3.63) is 11.4 Å². The van der Waals surface area contributed by atoms with E-state index < -0.39 is 19.3 Å². The topological polar surface area (TPSA) is 87.3 Å². The van der Waals surface area contributed by atoms with Crippen LogP contribution in [0.4, 0.5) is 24.8 Å². The molecule has 21 heavy (non-hydrogen) atoms. The molecule has 0 aromatic carbocycles. The SMILES string of the molecule is Cc1c(NN)nc(C(C)C)nc1N(CCO)CC(F)(F)F. The summed E-state index contributed by atoms with van der Waals surface area (Å²) in [5.41, 5.74) is 2.77. The molecular weight excluding hydrogens is 287 g/mol. The number of nitrogen functional groups attached to an aromatic ring is 1. The lowest BCUT2D eigenvalue weighted by atomic mass is 10.2. The first-order valence-electron chi connectivity index (χ1n) is 6.47. The van der Waals surface area contributed by atoms with Gasteiger partial charge in [-0.2, -0.15) is 13.2 Å². The number of aliphatic hydroxyl groups excluding tert-OH is 1. The highest BCUT2D eigenvalue weighted by atomic mass is 19.4. The molecule has 0 radical (unpaired) electrons. The van der Waals surface area contributed by atoms with Gasteiger partial charge in [0, 0.05) is 18.0 Å². The van der Waals surface area contributed by atoms with Gasteiger partial charge in [0.25, 0.3) is 0 Å². The number of nitrogens with zero attached hydrogens (tertiary/aromatic N) is 3. The molecule has 9 heteroatoms. The molecule has 0 unspecified atom stereocenters. The van der Waals surface area contributed by atoms with Gasteiger partial charge in [-0.3, -0.25) is 0 Å². The molecule has 6 nitrogen and oxygen atoms in total. The summed E-state index contributed by atoms with van der Waals surface area (Å²) in [4.78, 5) is 9.34. The molecule has 120 valence electrons. The van der Waals surface area contributed by atoms with Crippen molar-refractivity contribution in [2.75, 3.05) is 30.0 Å². The molecule has 0 atom stereocenters. The quantitative estimate of drug-likeness (QED) is 0.546. The first-order chi connectivity index (χ1) is 9.69. The molecule has 0 aliphatic carbocycles. The zero-order chi connectivity index (χ0) is 16.2. The van der Waals surface area contributed by atoms with Crippen LogP contribution in [0.15, 0.2) is 0 Å². The summed E-state index contributed by atoms with van der Waals surface area (Å²) in [6.07, 6.45) is -4.40. The van der Waals surface area contributed by atoms with Crippen LogP contribution in [0, 0.1) is 6.92 Å². The normalized spacial score (nSPS) is 11.9. The maximum absolute atomic E-state index is 12.7. The first kappa shape index (κ1) is 17.4. The van der Waals surface area contributed by atoms with Crippen molar-refractivity contribution in [3.8, 4) is 0 Å². The van der Waals surface area contributed by atoms with Gasteiger partial charge in [0.2, 0.25) is 0 Å². The van der Waals surface area contributed by atoms with Crippen molar-refractivity contribution >= 4 is 11.6 Å². The summed E-state index contributed by atoms with van der Waals surface area (Å²) in [6, 6.07) is 0. The van der Waals surface area contributed by atoms with E-state index in [1.807, 2.05) is 13.8 Å². The van der Waals surface area contributed by atoms with Gasteiger partial charge in [-0.1, -0.05) is 13.8 Å². The van der Waals surface area contributed by atoms with Crippen LogP contribution in [-0.4, -0.2) is 40.9 Å². The zero-order valence-electron chi connectivity index (χ0n) is 12.2. The van der Waals surface area contributed by atoms with Crippen molar-refractivity contribution in [2.45, 2.75) is 32.9 Å². The number of nitrogens with one attached hydrogen (secondary N) is 1. The molecule has 1 aromatic heterocycles. The van der Waals surface area contributed by atoms with Crippen molar-refractivity contribution < 1.29 is 18.3 Å². The fraction of sp³-hybridized carbons (Fsp3) is 0.667. The van der Waals surface area contributed by atoms with E-state index in [1.54, 1.807) is 6.92 Å². The van der Waals surface area contributed by atoms with Gasteiger partial charge in [0.05, 0.1) is 6.61 Å². The second-order valence-corrected chi connectivity index (χ2v) is 4.94. The van der Waals surface area contributed by atoms with Crippen LogP contribution in [0.5, 0.6) is 0 Å². The fourth-order valence-corrected chi connectivity index (χ4v) is 1.83. The molecule has 0 aliphatic rings. The van der Waals surface area contributed by atoms with Crippen molar-refractivity contribution in [1.82, 2.24) is 9.97 Å². The van der Waals surface area contributed by atoms with E-state index in [-0.39, 0.29) is 24.1 Å². The Morgan fingerprint density at radius 2 is 1.95 bits per heavy atom. The Morgan fingerprint density at radius 3 is 2.38 bits per heavy atom. The average Bonchev–Trinajstić information content (AvgIpc) is 2.36. The Bertz CT molecular complexity index is 479. The summed E-state index contributed by atoms with van der Waals surface area (Å²) < 4.78 is 38.0. The Hall–Kier alpha value is -1.61. The fourth-order valence-electron chi connectivity index (χ4n) is 1.83. The third-order valence-electron chi connectivity index (χ3n) is 2.83. The lowest BCUT2D eigenvalue weighted by Crippen LogP contribution is -2.37. The second kappa shape index (κ2) is 6.90. The molecule has 0 saturated carbocycles. The van der Waals surface area contributed by atoms with E-state index in [9.17, 15) is 13.2 Å². The van der Waals surface area contributed by atoms with Crippen LogP contribution in [0.3, 0.4) is 0 Å². The van der Waals surface area contributed by atoms with E-state index in [4.69, 9.17) is 10.9 Å². The van der Waals surface area contributed by atoms with Crippen LogP contribution in [0.1, 0.15) is 31.2 Å². The third kappa shape index (κ3) is 4.71. The average molecular weight is 307 g/mol. The molecule has 1 aromatic rings. The number of rotatable bonds is 6. The lowest BCUT2D eigenvalue weighted by molar-refractivity contribution is -0.120. The number of halogens is 3. The first-order valence-corrected chi connectivity index (χ1v) is 6.47. The van der Waals surface area contributed by atoms with Gasteiger partial charge < -0.3 is 15.4 Å². The van der Waals surface area contributed by atoms with Crippen LogP contribution in [-0.2, 0) is 0 Å². The molecule has 0 spiro atoms. The number of hydrazine groups is 1. The number of hydrogen-bond donors (Lipinski definition) is 3. The van der Waals surface area contributed by atoms with Crippen molar-refractivity contribution in [2.24, 2.45) is 5.84 Å². The molecule has 0 saturated heterocycles.